The third-order valence-corrected chi connectivity index (χ3v) is 6.40. The van der Waals surface area contributed by atoms with Crippen molar-refractivity contribution in [3.8, 4) is 0 Å². The van der Waals surface area contributed by atoms with Crippen molar-refractivity contribution in [3.63, 3.8) is 0 Å². The molecular weight excluding hydrogens is 312 g/mol. The zero-order chi connectivity index (χ0) is 16.1. The predicted octanol–water partition coefficient (Wildman–Crippen LogP) is 4.74. The van der Waals surface area contributed by atoms with Crippen LogP contribution in [0.25, 0.3) is 0 Å². The van der Waals surface area contributed by atoms with Crippen LogP contribution in [0.15, 0.2) is 11.6 Å². The first-order chi connectivity index (χ1) is 11.3. The molecule has 0 aromatic rings. The van der Waals surface area contributed by atoms with E-state index in [0.717, 1.165) is 17.8 Å². The Morgan fingerprint density at radius 2 is 1.35 bits per heavy atom. The van der Waals surface area contributed by atoms with Crippen LogP contribution in [0.5, 0.6) is 0 Å². The number of hydrogen-bond donors (Lipinski definition) is 0. The summed E-state index contributed by atoms with van der Waals surface area (Å²) >= 11 is 5.72. The van der Waals surface area contributed by atoms with Crippen molar-refractivity contribution in [2.24, 2.45) is 23.7 Å². The molecule has 2 aliphatic carbocycles. The summed E-state index contributed by atoms with van der Waals surface area (Å²) < 4.78 is 17.0. The topological polar surface area (TPSA) is 27.7 Å². The predicted molar refractivity (Wildman–Crippen MR) is 92.4 cm³/mol. The Hall–Kier alpha value is -0.0900. The first kappa shape index (κ1) is 17.7. The molecule has 1 heterocycles. The molecule has 1 saturated heterocycles. The largest absolute Gasteiger partial charge is 0.377 e. The zero-order valence-corrected chi connectivity index (χ0v) is 15.0. The summed E-state index contributed by atoms with van der Waals surface area (Å²) in [5.74, 6) is 3.15. The molecule has 3 rings (SSSR count). The van der Waals surface area contributed by atoms with Gasteiger partial charge in [-0.3, -0.25) is 0 Å². The van der Waals surface area contributed by atoms with E-state index in [1.54, 1.807) is 12.6 Å². The molecule has 3 nitrogen and oxygen atoms in total. The lowest BCUT2D eigenvalue weighted by molar-refractivity contribution is -0.246. The lowest BCUT2D eigenvalue weighted by Crippen LogP contribution is -2.42. The normalized spacial score (nSPS) is 42.9. The van der Waals surface area contributed by atoms with Gasteiger partial charge < -0.3 is 14.2 Å². The molecule has 1 aliphatic heterocycles. The van der Waals surface area contributed by atoms with Gasteiger partial charge in [-0.1, -0.05) is 17.7 Å². The Kier molecular flexibility index (Phi) is 6.82. The van der Waals surface area contributed by atoms with Crippen LogP contribution in [0, 0.1) is 23.7 Å². The highest BCUT2D eigenvalue weighted by molar-refractivity contribution is 6.25. The van der Waals surface area contributed by atoms with Gasteiger partial charge in [-0.2, -0.15) is 0 Å². The van der Waals surface area contributed by atoms with E-state index in [1.165, 1.54) is 51.4 Å². The highest BCUT2D eigenvalue weighted by atomic mass is 35.5. The fourth-order valence-corrected chi connectivity index (χ4v) is 4.91. The molecule has 3 aliphatic rings. The van der Waals surface area contributed by atoms with E-state index in [9.17, 15) is 0 Å². The van der Waals surface area contributed by atoms with E-state index in [2.05, 4.69) is 6.08 Å². The SMILES string of the molecule is CO[C@H]1CO[C@H](C2CCC([C@H]3CC[C@H](/C=C/Cl)CC3)CC2)OC1. The van der Waals surface area contributed by atoms with E-state index < -0.39 is 0 Å². The molecule has 0 N–H and O–H groups in total. The summed E-state index contributed by atoms with van der Waals surface area (Å²) in [5.41, 5.74) is 1.70. The fourth-order valence-electron chi connectivity index (χ4n) is 4.71. The van der Waals surface area contributed by atoms with Crippen LogP contribution < -0.4 is 0 Å². The highest BCUT2D eigenvalue weighted by Crippen LogP contribution is 2.43. The number of methoxy groups -OCH3 is 1. The number of allylic oxidation sites excluding steroid dienone is 1. The highest BCUT2D eigenvalue weighted by Gasteiger charge is 2.35. The van der Waals surface area contributed by atoms with Gasteiger partial charge in [0.1, 0.15) is 6.10 Å². The first-order valence-corrected chi connectivity index (χ1v) is 9.76. The van der Waals surface area contributed by atoms with Crippen molar-refractivity contribution >= 4 is 11.6 Å². The van der Waals surface area contributed by atoms with Gasteiger partial charge in [-0.15, -0.1) is 0 Å². The summed E-state index contributed by atoms with van der Waals surface area (Å²) in [6, 6.07) is 0. The molecule has 2 saturated carbocycles. The number of hydrogen-bond acceptors (Lipinski definition) is 3. The third-order valence-electron chi connectivity index (χ3n) is 6.26. The van der Waals surface area contributed by atoms with Crippen LogP contribution in [0.1, 0.15) is 51.4 Å². The lowest BCUT2D eigenvalue weighted by Gasteiger charge is -2.40. The molecule has 0 aromatic carbocycles. The van der Waals surface area contributed by atoms with Crippen molar-refractivity contribution in [1.29, 1.82) is 0 Å². The van der Waals surface area contributed by atoms with Gasteiger partial charge in [-0.05, 0) is 69.1 Å². The van der Waals surface area contributed by atoms with Gasteiger partial charge in [0.05, 0.1) is 13.2 Å². The zero-order valence-electron chi connectivity index (χ0n) is 14.3. The average Bonchev–Trinajstić information content (AvgIpc) is 2.63. The molecule has 0 spiro atoms. The van der Waals surface area contributed by atoms with Crippen LogP contribution in [0.4, 0.5) is 0 Å². The van der Waals surface area contributed by atoms with Gasteiger partial charge in [0.15, 0.2) is 6.29 Å². The second-order valence-corrected chi connectivity index (χ2v) is 7.81. The Balaban J connectivity index is 1.39. The quantitative estimate of drug-likeness (QED) is 0.738. The van der Waals surface area contributed by atoms with Gasteiger partial charge in [-0.25, -0.2) is 0 Å². The maximum Gasteiger partial charge on any atom is 0.160 e. The van der Waals surface area contributed by atoms with Crippen molar-refractivity contribution in [2.45, 2.75) is 63.8 Å². The molecule has 0 radical (unpaired) electrons. The van der Waals surface area contributed by atoms with Crippen molar-refractivity contribution in [1.82, 2.24) is 0 Å². The molecule has 0 aromatic heterocycles. The average molecular weight is 343 g/mol. The smallest absolute Gasteiger partial charge is 0.160 e. The van der Waals surface area contributed by atoms with Crippen LogP contribution >= 0.6 is 11.6 Å². The molecule has 4 heteroatoms. The van der Waals surface area contributed by atoms with E-state index >= 15 is 0 Å². The third kappa shape index (κ3) is 4.72. The molecule has 0 atom stereocenters. The minimum absolute atomic E-state index is 0.00643. The van der Waals surface area contributed by atoms with Crippen molar-refractivity contribution in [3.05, 3.63) is 11.6 Å². The van der Waals surface area contributed by atoms with Crippen molar-refractivity contribution < 1.29 is 14.2 Å². The molecular formula is C19H31ClO3. The minimum atomic E-state index is 0.00643. The summed E-state index contributed by atoms with van der Waals surface area (Å²) in [4.78, 5) is 0. The van der Waals surface area contributed by atoms with Crippen molar-refractivity contribution in [2.75, 3.05) is 20.3 Å². The van der Waals surface area contributed by atoms with Crippen LogP contribution in [-0.2, 0) is 14.2 Å². The summed E-state index contributed by atoms with van der Waals surface area (Å²) in [7, 11) is 1.72. The Morgan fingerprint density at radius 3 is 1.87 bits per heavy atom. The summed E-state index contributed by atoms with van der Waals surface area (Å²) in [6.07, 6.45) is 12.9. The van der Waals surface area contributed by atoms with Crippen LogP contribution in [0.3, 0.4) is 0 Å². The number of halogens is 1. The van der Waals surface area contributed by atoms with E-state index in [-0.39, 0.29) is 12.4 Å². The van der Waals surface area contributed by atoms with E-state index in [1.807, 2.05) is 0 Å². The molecule has 3 fully saturated rings. The maximum absolute atomic E-state index is 5.88. The summed E-state index contributed by atoms with van der Waals surface area (Å²) in [5, 5.41) is 0. The monoisotopic (exact) mass is 342 g/mol. The fraction of sp³-hybridized carbons (Fsp3) is 0.895. The molecule has 23 heavy (non-hydrogen) atoms. The van der Waals surface area contributed by atoms with Gasteiger partial charge in [0, 0.05) is 18.6 Å². The number of rotatable bonds is 4. The van der Waals surface area contributed by atoms with Crippen LogP contribution in [0.2, 0.25) is 0 Å². The van der Waals surface area contributed by atoms with Gasteiger partial charge in [0.2, 0.25) is 0 Å². The second-order valence-electron chi connectivity index (χ2n) is 7.56. The molecule has 0 amide bonds. The summed E-state index contributed by atoms with van der Waals surface area (Å²) in [6.45, 7) is 1.36. The maximum atomic E-state index is 5.88. The molecule has 0 unspecified atom stereocenters. The Bertz CT molecular complexity index is 363. The van der Waals surface area contributed by atoms with Gasteiger partial charge >= 0.3 is 0 Å². The lowest BCUT2D eigenvalue weighted by atomic mass is 9.69. The van der Waals surface area contributed by atoms with E-state index in [0.29, 0.717) is 19.1 Å². The Labute approximate surface area is 145 Å². The Morgan fingerprint density at radius 1 is 0.826 bits per heavy atom. The van der Waals surface area contributed by atoms with E-state index in [4.69, 9.17) is 25.8 Å². The molecule has 0 bridgehead atoms. The molecule has 132 valence electrons. The van der Waals surface area contributed by atoms with Gasteiger partial charge in [0.25, 0.3) is 0 Å². The first-order valence-electron chi connectivity index (χ1n) is 9.33. The van der Waals surface area contributed by atoms with Crippen LogP contribution in [-0.4, -0.2) is 32.7 Å². The standard InChI is InChI=1S/C19H31ClO3/c1-21-18-12-22-19(23-13-18)17-8-6-16(7-9-17)15-4-2-14(3-5-15)10-11-20/h10-11,14-19H,2-9,12-13H2,1H3/b11-10+/t14-,15-,16?,17?,18-,19-. The minimum Gasteiger partial charge on any atom is -0.377 e. The second kappa shape index (κ2) is 8.84. The number of ether oxygens (including phenoxy) is 3.